The second kappa shape index (κ2) is 5.83. The van der Waals surface area contributed by atoms with Crippen molar-refractivity contribution in [3.05, 3.63) is 0 Å². The predicted octanol–water partition coefficient (Wildman–Crippen LogP) is 1.14. The molecule has 1 saturated heterocycles. The highest BCUT2D eigenvalue weighted by atomic mass is 16.5. The number of hydrogen-bond acceptors (Lipinski definition) is 3. The van der Waals surface area contributed by atoms with Gasteiger partial charge in [0.1, 0.15) is 6.10 Å². The monoisotopic (exact) mass is 240 g/mol. The van der Waals surface area contributed by atoms with Crippen LogP contribution in [0.2, 0.25) is 0 Å². The van der Waals surface area contributed by atoms with Crippen LogP contribution in [0.25, 0.3) is 0 Å². The van der Waals surface area contributed by atoms with Crippen molar-refractivity contribution in [1.82, 2.24) is 4.90 Å². The Bertz CT molecular complexity index is 258. The molecular weight excluding hydrogens is 216 g/mol. The van der Waals surface area contributed by atoms with E-state index in [1.165, 1.54) is 6.42 Å². The molecule has 1 amide bonds. The van der Waals surface area contributed by atoms with Crippen LogP contribution in [0.1, 0.15) is 39.0 Å². The number of carbonyl (C=O) groups excluding carboxylic acids is 1. The van der Waals surface area contributed by atoms with E-state index in [0.29, 0.717) is 5.92 Å². The second-order valence-electron chi connectivity index (χ2n) is 5.36. The van der Waals surface area contributed by atoms with Gasteiger partial charge in [-0.15, -0.1) is 0 Å². The molecule has 0 aromatic heterocycles. The topological polar surface area (TPSA) is 55.6 Å². The summed E-state index contributed by atoms with van der Waals surface area (Å²) in [7, 11) is 0. The lowest BCUT2D eigenvalue weighted by atomic mass is 9.82. The molecule has 1 aliphatic carbocycles. The summed E-state index contributed by atoms with van der Waals surface area (Å²) in [4.78, 5) is 14.1. The molecule has 0 bridgehead atoms. The number of hydrogen-bond donors (Lipinski definition) is 1. The molecular formula is C13H24N2O2. The van der Waals surface area contributed by atoms with Gasteiger partial charge in [-0.3, -0.25) is 4.79 Å². The molecule has 2 rings (SSSR count). The van der Waals surface area contributed by atoms with Gasteiger partial charge in [-0.2, -0.15) is 0 Å². The number of rotatable bonds is 4. The first kappa shape index (κ1) is 12.8. The first-order chi connectivity index (χ1) is 8.20. The Morgan fingerprint density at radius 2 is 2.00 bits per heavy atom. The normalized spacial score (nSPS) is 30.8. The summed E-state index contributed by atoms with van der Waals surface area (Å²) in [5, 5.41) is 0. The highest BCUT2D eigenvalue weighted by molar-refractivity contribution is 5.80. The van der Waals surface area contributed by atoms with Gasteiger partial charge in [0, 0.05) is 13.1 Å². The van der Waals surface area contributed by atoms with Crippen LogP contribution < -0.4 is 5.73 Å². The summed E-state index contributed by atoms with van der Waals surface area (Å²) in [5.41, 5.74) is 5.57. The fourth-order valence-electron chi connectivity index (χ4n) is 2.70. The van der Waals surface area contributed by atoms with E-state index in [1.807, 2.05) is 11.8 Å². The molecule has 0 aromatic rings. The zero-order valence-electron chi connectivity index (χ0n) is 10.7. The Kier molecular flexibility index (Phi) is 4.40. The Morgan fingerprint density at radius 3 is 2.59 bits per heavy atom. The van der Waals surface area contributed by atoms with Crippen molar-refractivity contribution >= 4 is 5.91 Å². The number of likely N-dealkylation sites (tertiary alicyclic amines) is 1. The van der Waals surface area contributed by atoms with Gasteiger partial charge < -0.3 is 15.4 Å². The quantitative estimate of drug-likeness (QED) is 0.801. The van der Waals surface area contributed by atoms with E-state index in [2.05, 4.69) is 0 Å². The molecule has 1 atom stereocenters. The molecule has 2 N–H and O–H groups in total. The Labute approximate surface area is 103 Å². The van der Waals surface area contributed by atoms with Crippen molar-refractivity contribution in [2.24, 2.45) is 11.7 Å². The average Bonchev–Trinajstić information content (AvgIpc) is 2.33. The molecule has 4 heteroatoms. The van der Waals surface area contributed by atoms with Crippen LogP contribution in [0.5, 0.6) is 0 Å². The molecule has 4 nitrogen and oxygen atoms in total. The maximum Gasteiger partial charge on any atom is 0.251 e. The molecule has 17 heavy (non-hydrogen) atoms. The molecule has 98 valence electrons. The molecule has 0 spiro atoms. The largest absolute Gasteiger partial charge is 0.365 e. The summed E-state index contributed by atoms with van der Waals surface area (Å²) in [6.07, 6.45) is 5.54. The molecule has 2 fully saturated rings. The van der Waals surface area contributed by atoms with Crippen LogP contribution in [0, 0.1) is 5.92 Å². The van der Waals surface area contributed by atoms with Crippen molar-refractivity contribution in [1.29, 1.82) is 0 Å². The number of carbonyl (C=O) groups is 1. The molecule has 1 unspecified atom stereocenters. The van der Waals surface area contributed by atoms with Gasteiger partial charge in [0.2, 0.25) is 0 Å². The standard InChI is InChI=1S/C13H24N2O2/c1-10(17-12-7-11(8-12)9-14)13(16)15-5-3-2-4-6-15/h10-12H,2-9,14H2,1H3. The SMILES string of the molecule is CC(OC1CC(CN)C1)C(=O)N1CCCCC1. The first-order valence-corrected chi connectivity index (χ1v) is 6.85. The van der Waals surface area contributed by atoms with Crippen molar-refractivity contribution < 1.29 is 9.53 Å². The van der Waals surface area contributed by atoms with E-state index in [9.17, 15) is 4.79 Å². The number of piperidine rings is 1. The van der Waals surface area contributed by atoms with Crippen LogP contribution in [-0.2, 0) is 9.53 Å². The summed E-state index contributed by atoms with van der Waals surface area (Å²) in [6, 6.07) is 0. The van der Waals surface area contributed by atoms with Gasteiger partial charge in [-0.25, -0.2) is 0 Å². The number of nitrogens with two attached hydrogens (primary N) is 1. The van der Waals surface area contributed by atoms with Gasteiger partial charge in [-0.1, -0.05) is 0 Å². The number of amides is 1. The van der Waals surface area contributed by atoms with E-state index >= 15 is 0 Å². The highest BCUT2D eigenvalue weighted by Crippen LogP contribution is 2.30. The average molecular weight is 240 g/mol. The molecule has 0 aromatic carbocycles. The summed E-state index contributed by atoms with van der Waals surface area (Å²) < 4.78 is 5.79. The summed E-state index contributed by atoms with van der Waals surface area (Å²) in [6.45, 7) is 4.44. The zero-order chi connectivity index (χ0) is 12.3. The molecule has 0 radical (unpaired) electrons. The molecule has 1 saturated carbocycles. The number of nitrogens with zero attached hydrogens (tertiary/aromatic N) is 1. The van der Waals surface area contributed by atoms with Crippen molar-refractivity contribution in [3.63, 3.8) is 0 Å². The second-order valence-corrected chi connectivity index (χ2v) is 5.36. The van der Waals surface area contributed by atoms with Crippen LogP contribution >= 0.6 is 0 Å². The van der Waals surface area contributed by atoms with Gasteiger partial charge >= 0.3 is 0 Å². The van der Waals surface area contributed by atoms with Crippen LogP contribution in [0.3, 0.4) is 0 Å². The third-order valence-corrected chi connectivity index (χ3v) is 3.94. The molecule has 2 aliphatic rings. The van der Waals surface area contributed by atoms with Crippen molar-refractivity contribution in [2.75, 3.05) is 19.6 Å². The van der Waals surface area contributed by atoms with E-state index in [-0.39, 0.29) is 18.1 Å². The minimum absolute atomic E-state index is 0.167. The lowest BCUT2D eigenvalue weighted by Gasteiger charge is -2.37. The van der Waals surface area contributed by atoms with E-state index < -0.39 is 0 Å². The maximum atomic E-state index is 12.1. The van der Waals surface area contributed by atoms with Crippen LogP contribution in [-0.4, -0.2) is 42.6 Å². The van der Waals surface area contributed by atoms with E-state index in [1.54, 1.807) is 0 Å². The van der Waals surface area contributed by atoms with Crippen molar-refractivity contribution in [2.45, 2.75) is 51.2 Å². The van der Waals surface area contributed by atoms with Crippen LogP contribution in [0.15, 0.2) is 0 Å². The summed E-state index contributed by atoms with van der Waals surface area (Å²) >= 11 is 0. The first-order valence-electron chi connectivity index (χ1n) is 6.85. The lowest BCUT2D eigenvalue weighted by molar-refractivity contribution is -0.152. The Balaban J connectivity index is 1.71. The predicted molar refractivity (Wildman–Crippen MR) is 66.5 cm³/mol. The fraction of sp³-hybridized carbons (Fsp3) is 0.923. The van der Waals surface area contributed by atoms with Gasteiger partial charge in [0.05, 0.1) is 6.10 Å². The zero-order valence-corrected chi connectivity index (χ0v) is 10.7. The smallest absolute Gasteiger partial charge is 0.251 e. The molecule has 1 aliphatic heterocycles. The van der Waals surface area contributed by atoms with Crippen LogP contribution in [0.4, 0.5) is 0 Å². The van der Waals surface area contributed by atoms with Gasteiger partial charge in [0.25, 0.3) is 5.91 Å². The third kappa shape index (κ3) is 3.19. The van der Waals surface area contributed by atoms with E-state index in [0.717, 1.165) is 45.3 Å². The highest BCUT2D eigenvalue weighted by Gasteiger charge is 2.32. The van der Waals surface area contributed by atoms with Crippen molar-refractivity contribution in [3.8, 4) is 0 Å². The van der Waals surface area contributed by atoms with Gasteiger partial charge in [0.15, 0.2) is 0 Å². The minimum Gasteiger partial charge on any atom is -0.365 e. The molecule has 1 heterocycles. The maximum absolute atomic E-state index is 12.1. The summed E-state index contributed by atoms with van der Waals surface area (Å²) in [5.74, 6) is 0.776. The van der Waals surface area contributed by atoms with E-state index in [4.69, 9.17) is 10.5 Å². The lowest BCUT2D eigenvalue weighted by Crippen LogP contribution is -2.45. The Morgan fingerprint density at radius 1 is 1.35 bits per heavy atom. The van der Waals surface area contributed by atoms with Gasteiger partial charge in [-0.05, 0) is 51.5 Å². The fourth-order valence-corrected chi connectivity index (χ4v) is 2.70. The minimum atomic E-state index is -0.281. The Hall–Kier alpha value is -0.610. The number of ether oxygens (including phenoxy) is 1. The third-order valence-electron chi connectivity index (χ3n) is 3.94.